The Morgan fingerprint density at radius 2 is 2.06 bits per heavy atom. The normalized spacial score (nSPS) is 19.4. The molecule has 1 unspecified atom stereocenters. The van der Waals surface area contributed by atoms with Gasteiger partial charge >= 0.3 is 0 Å². The molecule has 2 heteroatoms. The van der Waals surface area contributed by atoms with Crippen molar-refractivity contribution in [3.05, 3.63) is 34.9 Å². The summed E-state index contributed by atoms with van der Waals surface area (Å²) in [5.41, 5.74) is 1.65. The largest absolute Gasteiger partial charge is 0.319 e. The third-order valence-electron chi connectivity index (χ3n) is 3.70. The third kappa shape index (κ3) is 2.58. The van der Waals surface area contributed by atoms with Gasteiger partial charge in [-0.15, -0.1) is 0 Å². The summed E-state index contributed by atoms with van der Waals surface area (Å²) < 4.78 is 0. The standard InChI is InChI=1S/C14H20ClN/c1-14(10-16-2,12-7-8-12)9-11-5-3-4-6-13(11)15/h3-6,12,16H,7-10H2,1-2H3. The van der Waals surface area contributed by atoms with Crippen molar-refractivity contribution in [2.45, 2.75) is 26.2 Å². The lowest BCUT2D eigenvalue weighted by atomic mass is 9.79. The zero-order valence-electron chi connectivity index (χ0n) is 10.1. The van der Waals surface area contributed by atoms with E-state index in [2.05, 4.69) is 24.4 Å². The first-order valence-corrected chi connectivity index (χ1v) is 6.41. The highest BCUT2D eigenvalue weighted by Crippen LogP contribution is 2.47. The van der Waals surface area contributed by atoms with Crippen molar-refractivity contribution in [2.24, 2.45) is 11.3 Å². The van der Waals surface area contributed by atoms with Gasteiger partial charge in [-0.25, -0.2) is 0 Å². The highest BCUT2D eigenvalue weighted by molar-refractivity contribution is 6.31. The van der Waals surface area contributed by atoms with Crippen LogP contribution in [-0.2, 0) is 6.42 Å². The van der Waals surface area contributed by atoms with Crippen molar-refractivity contribution in [3.8, 4) is 0 Å². The molecule has 1 atom stereocenters. The van der Waals surface area contributed by atoms with Crippen LogP contribution in [0.4, 0.5) is 0 Å². The SMILES string of the molecule is CNCC(C)(Cc1ccccc1Cl)C1CC1. The van der Waals surface area contributed by atoms with Crippen LogP contribution in [0.2, 0.25) is 5.02 Å². The van der Waals surface area contributed by atoms with Crippen molar-refractivity contribution in [1.82, 2.24) is 5.32 Å². The zero-order chi connectivity index (χ0) is 11.6. The van der Waals surface area contributed by atoms with Crippen LogP contribution in [-0.4, -0.2) is 13.6 Å². The average molecular weight is 238 g/mol. The monoisotopic (exact) mass is 237 g/mol. The molecule has 0 radical (unpaired) electrons. The fraction of sp³-hybridized carbons (Fsp3) is 0.571. The summed E-state index contributed by atoms with van der Waals surface area (Å²) in [7, 11) is 2.03. The smallest absolute Gasteiger partial charge is 0.0438 e. The summed E-state index contributed by atoms with van der Waals surface area (Å²) in [5.74, 6) is 0.872. The lowest BCUT2D eigenvalue weighted by molar-refractivity contribution is 0.263. The molecule has 16 heavy (non-hydrogen) atoms. The van der Waals surface area contributed by atoms with Gasteiger partial charge in [-0.1, -0.05) is 36.7 Å². The summed E-state index contributed by atoms with van der Waals surface area (Å²) in [5, 5.41) is 4.23. The Balaban J connectivity index is 2.14. The first kappa shape index (κ1) is 11.9. The summed E-state index contributed by atoms with van der Waals surface area (Å²) in [6.45, 7) is 3.45. The van der Waals surface area contributed by atoms with Crippen molar-refractivity contribution >= 4 is 11.6 Å². The van der Waals surface area contributed by atoms with Gasteiger partial charge in [0.15, 0.2) is 0 Å². The van der Waals surface area contributed by atoms with Crippen molar-refractivity contribution in [2.75, 3.05) is 13.6 Å². The number of hydrogen-bond donors (Lipinski definition) is 1. The predicted octanol–water partition coefficient (Wildman–Crippen LogP) is 3.52. The number of hydrogen-bond acceptors (Lipinski definition) is 1. The van der Waals surface area contributed by atoms with Gasteiger partial charge < -0.3 is 5.32 Å². The molecule has 1 fully saturated rings. The van der Waals surface area contributed by atoms with Crippen LogP contribution in [0.25, 0.3) is 0 Å². The molecule has 0 saturated heterocycles. The lowest BCUT2D eigenvalue weighted by Gasteiger charge is -2.30. The molecule has 1 saturated carbocycles. The van der Waals surface area contributed by atoms with Crippen LogP contribution >= 0.6 is 11.6 Å². The second kappa shape index (κ2) is 4.77. The maximum atomic E-state index is 6.24. The maximum absolute atomic E-state index is 6.24. The van der Waals surface area contributed by atoms with E-state index in [0.717, 1.165) is 23.9 Å². The molecule has 1 aliphatic carbocycles. The maximum Gasteiger partial charge on any atom is 0.0438 e. The number of nitrogens with one attached hydrogen (secondary N) is 1. The van der Waals surface area contributed by atoms with E-state index in [4.69, 9.17) is 11.6 Å². The quantitative estimate of drug-likeness (QED) is 0.827. The molecule has 88 valence electrons. The molecular formula is C14H20ClN. The van der Waals surface area contributed by atoms with Gasteiger partial charge in [0.05, 0.1) is 0 Å². The second-order valence-electron chi connectivity index (χ2n) is 5.23. The molecule has 0 bridgehead atoms. The molecule has 0 aliphatic heterocycles. The fourth-order valence-corrected chi connectivity index (χ4v) is 2.81. The number of benzene rings is 1. The molecule has 1 aromatic carbocycles. The van der Waals surface area contributed by atoms with Gasteiger partial charge in [-0.2, -0.15) is 0 Å². The molecule has 1 aromatic rings. The molecule has 0 spiro atoms. The molecule has 1 aliphatic rings. The predicted molar refractivity (Wildman–Crippen MR) is 69.9 cm³/mol. The van der Waals surface area contributed by atoms with E-state index >= 15 is 0 Å². The molecule has 1 nitrogen and oxygen atoms in total. The fourth-order valence-electron chi connectivity index (χ4n) is 2.61. The second-order valence-corrected chi connectivity index (χ2v) is 5.63. The summed E-state index contributed by atoms with van der Waals surface area (Å²) >= 11 is 6.24. The van der Waals surface area contributed by atoms with Crippen LogP contribution in [0, 0.1) is 11.3 Å². The molecule has 1 N–H and O–H groups in total. The Morgan fingerprint density at radius 3 is 2.62 bits per heavy atom. The van der Waals surface area contributed by atoms with Gasteiger partial charge in [0.2, 0.25) is 0 Å². The van der Waals surface area contributed by atoms with Gasteiger partial charge in [-0.05, 0) is 49.3 Å². The van der Waals surface area contributed by atoms with Crippen molar-refractivity contribution in [3.63, 3.8) is 0 Å². The van der Waals surface area contributed by atoms with Crippen LogP contribution < -0.4 is 5.32 Å². The van der Waals surface area contributed by atoms with Gasteiger partial charge in [0.1, 0.15) is 0 Å². The number of rotatable bonds is 5. The van der Waals surface area contributed by atoms with Gasteiger partial charge in [-0.3, -0.25) is 0 Å². The highest BCUT2D eigenvalue weighted by Gasteiger charge is 2.41. The topological polar surface area (TPSA) is 12.0 Å². The molecule has 0 heterocycles. The van der Waals surface area contributed by atoms with E-state index in [1.165, 1.54) is 18.4 Å². The Bertz CT molecular complexity index is 360. The van der Waals surface area contributed by atoms with E-state index in [1.54, 1.807) is 0 Å². The van der Waals surface area contributed by atoms with Crippen LogP contribution in [0.3, 0.4) is 0 Å². The van der Waals surface area contributed by atoms with E-state index in [9.17, 15) is 0 Å². The minimum atomic E-state index is 0.361. The minimum absolute atomic E-state index is 0.361. The van der Waals surface area contributed by atoms with Crippen molar-refractivity contribution < 1.29 is 0 Å². The highest BCUT2D eigenvalue weighted by atomic mass is 35.5. The summed E-state index contributed by atoms with van der Waals surface area (Å²) in [4.78, 5) is 0. The molecule has 0 amide bonds. The van der Waals surface area contributed by atoms with Gasteiger partial charge in [0.25, 0.3) is 0 Å². The van der Waals surface area contributed by atoms with Crippen LogP contribution in [0.5, 0.6) is 0 Å². The van der Waals surface area contributed by atoms with E-state index in [-0.39, 0.29) is 0 Å². The molecule has 2 rings (SSSR count). The minimum Gasteiger partial charge on any atom is -0.319 e. The zero-order valence-corrected chi connectivity index (χ0v) is 10.8. The third-order valence-corrected chi connectivity index (χ3v) is 4.06. The van der Waals surface area contributed by atoms with Crippen LogP contribution in [0.1, 0.15) is 25.3 Å². The summed E-state index contributed by atoms with van der Waals surface area (Å²) in [6, 6.07) is 8.22. The molecular weight excluding hydrogens is 218 g/mol. The first-order valence-electron chi connectivity index (χ1n) is 6.04. The first-order chi connectivity index (χ1) is 7.65. The average Bonchev–Trinajstić information content (AvgIpc) is 3.05. The van der Waals surface area contributed by atoms with E-state index in [1.807, 2.05) is 19.2 Å². The lowest BCUT2D eigenvalue weighted by Crippen LogP contribution is -2.33. The Hall–Kier alpha value is -0.530. The van der Waals surface area contributed by atoms with Crippen LogP contribution in [0.15, 0.2) is 24.3 Å². The van der Waals surface area contributed by atoms with E-state index < -0.39 is 0 Å². The Labute approximate surface area is 103 Å². The Morgan fingerprint density at radius 1 is 1.38 bits per heavy atom. The number of halogens is 1. The van der Waals surface area contributed by atoms with Gasteiger partial charge in [0, 0.05) is 11.6 Å². The summed E-state index contributed by atoms with van der Waals surface area (Å²) in [6.07, 6.45) is 3.84. The van der Waals surface area contributed by atoms with Crippen molar-refractivity contribution in [1.29, 1.82) is 0 Å². The van der Waals surface area contributed by atoms with E-state index in [0.29, 0.717) is 5.41 Å². The Kier molecular flexibility index (Phi) is 3.56. The molecule has 0 aromatic heterocycles.